The number of nitrogens with two attached hydrogens (primary N) is 1. The molecule has 0 spiro atoms. The fourth-order valence-electron chi connectivity index (χ4n) is 4.49. The third kappa shape index (κ3) is 6.25. The first-order valence-corrected chi connectivity index (χ1v) is 14.0. The van der Waals surface area contributed by atoms with Crippen LogP contribution < -0.4 is 15.5 Å². The van der Waals surface area contributed by atoms with E-state index in [0.29, 0.717) is 33.7 Å². The minimum absolute atomic E-state index is 0.0676. The molecule has 3 aromatic carbocycles. The summed E-state index contributed by atoms with van der Waals surface area (Å²) >= 11 is 6.63. The van der Waals surface area contributed by atoms with E-state index < -0.39 is 21.7 Å². The van der Waals surface area contributed by atoms with Crippen LogP contribution in [0.1, 0.15) is 59.7 Å². The third-order valence-corrected chi connectivity index (χ3v) is 7.57. The van der Waals surface area contributed by atoms with Crippen LogP contribution in [0.5, 0.6) is 5.75 Å². The van der Waals surface area contributed by atoms with Crippen LogP contribution in [-0.2, 0) is 14.8 Å². The van der Waals surface area contributed by atoms with Crippen LogP contribution in [0, 0.1) is 24.7 Å². The van der Waals surface area contributed by atoms with Gasteiger partial charge >= 0.3 is 0 Å². The number of halogens is 1. The van der Waals surface area contributed by atoms with Gasteiger partial charge in [-0.15, -0.1) is 0 Å². The van der Waals surface area contributed by atoms with Gasteiger partial charge in [0.05, 0.1) is 10.5 Å². The van der Waals surface area contributed by atoms with E-state index in [0.717, 1.165) is 12.8 Å². The van der Waals surface area contributed by atoms with E-state index in [9.17, 15) is 18.0 Å². The molecule has 9 heteroatoms. The van der Waals surface area contributed by atoms with E-state index >= 15 is 0 Å². The lowest BCUT2D eigenvalue weighted by Crippen LogP contribution is -2.25. The summed E-state index contributed by atoms with van der Waals surface area (Å²) in [6.07, 6.45) is 4.55. The Morgan fingerprint density at radius 1 is 1.08 bits per heavy atom. The molecule has 0 bridgehead atoms. The molecule has 0 heterocycles. The molecule has 38 heavy (non-hydrogen) atoms. The number of benzene rings is 3. The fourth-order valence-corrected chi connectivity index (χ4v) is 5.35. The van der Waals surface area contributed by atoms with Crippen molar-refractivity contribution < 1.29 is 22.8 Å². The number of ketones is 1. The van der Waals surface area contributed by atoms with Crippen molar-refractivity contribution in [3.8, 4) is 28.7 Å². The van der Waals surface area contributed by atoms with Crippen LogP contribution in [0.25, 0.3) is 11.1 Å². The maximum atomic E-state index is 14.0. The first-order chi connectivity index (χ1) is 18.0. The lowest BCUT2D eigenvalue weighted by molar-refractivity contribution is -0.125. The minimum atomic E-state index is -3.93. The molecule has 0 aliphatic heterocycles. The number of carbonyl (C=O) groups excluding carboxylic acids is 2. The number of rotatable bonds is 6. The molecule has 0 radical (unpaired) electrons. The van der Waals surface area contributed by atoms with Gasteiger partial charge in [0.25, 0.3) is 0 Å². The van der Waals surface area contributed by atoms with E-state index in [1.807, 2.05) is 6.07 Å². The Morgan fingerprint density at radius 3 is 2.47 bits per heavy atom. The van der Waals surface area contributed by atoms with Gasteiger partial charge in [0.1, 0.15) is 0 Å². The van der Waals surface area contributed by atoms with Crippen LogP contribution in [0.15, 0.2) is 59.5 Å². The van der Waals surface area contributed by atoms with Crippen molar-refractivity contribution in [2.75, 3.05) is 0 Å². The van der Waals surface area contributed by atoms with Crippen molar-refractivity contribution in [2.45, 2.75) is 44.4 Å². The number of hydrogen-bond acceptors (Lipinski definition) is 5. The second kappa shape index (κ2) is 11.4. The highest BCUT2D eigenvalue weighted by atomic mass is 35.5. The van der Waals surface area contributed by atoms with Crippen molar-refractivity contribution >= 4 is 33.3 Å². The van der Waals surface area contributed by atoms with E-state index in [2.05, 4.69) is 17.3 Å². The lowest BCUT2D eigenvalue weighted by Gasteiger charge is -2.18. The zero-order chi connectivity index (χ0) is 27.4. The van der Waals surface area contributed by atoms with Gasteiger partial charge in [-0.25, -0.2) is 13.6 Å². The number of carbonyl (C=O) groups is 2. The average molecular weight is 551 g/mol. The van der Waals surface area contributed by atoms with Crippen molar-refractivity contribution in [3.05, 3.63) is 81.9 Å². The summed E-state index contributed by atoms with van der Waals surface area (Å²) < 4.78 is 23.7. The number of sulfonamides is 1. The highest BCUT2D eigenvalue weighted by Crippen LogP contribution is 2.40. The topological polar surface area (TPSA) is 116 Å². The van der Waals surface area contributed by atoms with Crippen LogP contribution in [-0.4, -0.2) is 20.1 Å². The van der Waals surface area contributed by atoms with Crippen molar-refractivity contribution in [2.24, 2.45) is 11.1 Å². The Bertz CT molecular complexity index is 1580. The number of aryl methyl sites for hydroxylation is 1. The van der Waals surface area contributed by atoms with E-state index in [-0.39, 0.29) is 21.2 Å². The third-order valence-electron chi connectivity index (χ3n) is 6.34. The second-order valence-corrected chi connectivity index (χ2v) is 11.2. The molecule has 3 N–H and O–H groups in total. The number of nitrogens with one attached hydrogen (secondary N) is 1. The summed E-state index contributed by atoms with van der Waals surface area (Å²) in [5.41, 5.74) is 4.81. The molecule has 0 unspecified atom stereocenters. The van der Waals surface area contributed by atoms with Gasteiger partial charge in [-0.05, 0) is 67.3 Å². The van der Waals surface area contributed by atoms with Crippen LogP contribution in [0.2, 0.25) is 5.02 Å². The van der Waals surface area contributed by atoms with Crippen LogP contribution >= 0.6 is 11.6 Å². The van der Waals surface area contributed by atoms with Crippen molar-refractivity contribution in [3.63, 3.8) is 0 Å². The molecule has 1 amide bonds. The first-order valence-electron chi connectivity index (χ1n) is 12.1. The molecule has 0 saturated heterocycles. The average Bonchev–Trinajstić information content (AvgIpc) is 3.40. The molecule has 1 saturated carbocycles. The molecule has 4 rings (SSSR count). The zero-order valence-corrected chi connectivity index (χ0v) is 22.6. The quantitative estimate of drug-likeness (QED) is 0.250. The maximum Gasteiger partial charge on any atom is 0.249 e. The standard InChI is InChI=1S/C29H27ClN2O5S/c1-18-16-23(38(31,35)36)12-13-24(18)27-25(30)14-15-26(37-32-19(2)33)28(27)29(34)22-9-5-8-21(17-22)11-10-20-6-3-4-7-20/h5,8-9,12-17,20H,3-4,6-7H2,1-2H3,(H,32,33)(H2,31,35,36). The van der Waals surface area contributed by atoms with Gasteiger partial charge in [-0.1, -0.05) is 54.5 Å². The summed E-state index contributed by atoms with van der Waals surface area (Å²) in [7, 11) is -3.93. The van der Waals surface area contributed by atoms with Crippen molar-refractivity contribution in [1.82, 2.24) is 5.48 Å². The second-order valence-electron chi connectivity index (χ2n) is 9.24. The van der Waals surface area contributed by atoms with Crippen LogP contribution in [0.4, 0.5) is 0 Å². The zero-order valence-electron chi connectivity index (χ0n) is 21.0. The monoisotopic (exact) mass is 550 g/mol. The maximum absolute atomic E-state index is 14.0. The predicted molar refractivity (Wildman–Crippen MR) is 146 cm³/mol. The largest absolute Gasteiger partial charge is 0.379 e. The Kier molecular flexibility index (Phi) is 8.22. The minimum Gasteiger partial charge on any atom is -0.379 e. The Labute approximate surface area is 227 Å². The molecule has 1 fully saturated rings. The van der Waals surface area contributed by atoms with E-state index in [4.69, 9.17) is 21.6 Å². The van der Waals surface area contributed by atoms with Gasteiger partial charge in [0.2, 0.25) is 15.9 Å². The summed E-state index contributed by atoms with van der Waals surface area (Å²) in [6, 6.07) is 14.3. The van der Waals surface area contributed by atoms with Crippen LogP contribution in [0.3, 0.4) is 0 Å². The van der Waals surface area contributed by atoms with Gasteiger partial charge in [-0.2, -0.15) is 5.48 Å². The Balaban J connectivity index is 1.85. The molecule has 196 valence electrons. The molecule has 1 aliphatic carbocycles. The highest BCUT2D eigenvalue weighted by molar-refractivity contribution is 7.89. The van der Waals surface area contributed by atoms with Gasteiger partial charge in [-0.3, -0.25) is 9.59 Å². The first kappa shape index (κ1) is 27.4. The molecular weight excluding hydrogens is 524 g/mol. The molecule has 7 nitrogen and oxygen atoms in total. The summed E-state index contributed by atoms with van der Waals surface area (Å²) in [5, 5.41) is 5.53. The summed E-state index contributed by atoms with van der Waals surface area (Å²) in [5.74, 6) is 6.09. The SMILES string of the molecule is CC(=O)NOc1ccc(Cl)c(-c2ccc(S(N)(=O)=O)cc2C)c1C(=O)c1cccc(C#CC2CCCC2)c1. The fraction of sp³-hybridized carbons (Fsp3) is 0.241. The van der Waals surface area contributed by atoms with Crippen molar-refractivity contribution in [1.29, 1.82) is 0 Å². The summed E-state index contributed by atoms with van der Waals surface area (Å²) in [4.78, 5) is 31.0. The van der Waals surface area contributed by atoms with Gasteiger partial charge in [0, 0.05) is 34.6 Å². The van der Waals surface area contributed by atoms with E-state index in [1.165, 1.54) is 38.0 Å². The van der Waals surface area contributed by atoms with Gasteiger partial charge in [0.15, 0.2) is 11.5 Å². The normalized spacial score (nSPS) is 13.5. The molecule has 0 atom stereocenters. The number of primary sulfonamides is 1. The Hall–Kier alpha value is -3.64. The molecule has 3 aromatic rings. The van der Waals surface area contributed by atoms with Gasteiger partial charge < -0.3 is 4.84 Å². The molecule has 1 aliphatic rings. The highest BCUT2D eigenvalue weighted by Gasteiger charge is 2.25. The van der Waals surface area contributed by atoms with E-state index in [1.54, 1.807) is 37.3 Å². The predicted octanol–water partition coefficient (Wildman–Crippen LogP) is 5.17. The molecular formula is C29H27ClN2O5S. The molecule has 0 aromatic heterocycles. The number of hydrogen-bond donors (Lipinski definition) is 2. The lowest BCUT2D eigenvalue weighted by atomic mass is 9.90. The number of hydroxylamine groups is 1. The smallest absolute Gasteiger partial charge is 0.249 e. The summed E-state index contributed by atoms with van der Waals surface area (Å²) in [6.45, 7) is 2.97. The number of amides is 1. The Morgan fingerprint density at radius 2 is 1.82 bits per heavy atom.